The van der Waals surface area contributed by atoms with Crippen LogP contribution in [0.15, 0.2) is 28.8 Å². The molecule has 1 amide bonds. The number of amides is 1. The molecule has 136 valence electrons. The van der Waals surface area contributed by atoms with Gasteiger partial charge in [0.25, 0.3) is 0 Å². The monoisotopic (exact) mass is 363 g/mol. The minimum Gasteiger partial charge on any atom is -0.342 e. The second-order valence-electron chi connectivity index (χ2n) is 7.39. The minimum atomic E-state index is -0.0185. The molecule has 0 unspecified atom stereocenters. The van der Waals surface area contributed by atoms with Gasteiger partial charge in [-0.1, -0.05) is 44.5 Å². The van der Waals surface area contributed by atoms with Gasteiger partial charge in [-0.25, -0.2) is 0 Å². The number of carbonyl (C=O) groups is 1. The number of nitrogens with zero attached hydrogens (tertiary/aromatic N) is 3. The summed E-state index contributed by atoms with van der Waals surface area (Å²) in [7, 11) is 0. The van der Waals surface area contributed by atoms with E-state index in [0.717, 1.165) is 18.5 Å². The number of hydrogen-bond donors (Lipinski definition) is 0. The summed E-state index contributed by atoms with van der Waals surface area (Å²) in [5.74, 6) is 1.25. The topological polar surface area (TPSA) is 59.2 Å². The molecule has 0 saturated heterocycles. The van der Waals surface area contributed by atoms with Crippen LogP contribution in [0.25, 0.3) is 11.4 Å². The maximum absolute atomic E-state index is 12.5. The summed E-state index contributed by atoms with van der Waals surface area (Å²) >= 11 is 5.89. The van der Waals surface area contributed by atoms with Gasteiger partial charge < -0.3 is 9.42 Å². The summed E-state index contributed by atoms with van der Waals surface area (Å²) in [6.07, 6.45) is 2.01. The molecule has 0 atom stereocenters. The lowest BCUT2D eigenvalue weighted by Gasteiger charge is -2.26. The van der Waals surface area contributed by atoms with Crippen molar-refractivity contribution < 1.29 is 9.32 Å². The average molecular weight is 364 g/mol. The van der Waals surface area contributed by atoms with Crippen molar-refractivity contribution in [2.75, 3.05) is 13.1 Å². The van der Waals surface area contributed by atoms with Crippen LogP contribution in [-0.4, -0.2) is 34.0 Å². The van der Waals surface area contributed by atoms with E-state index < -0.39 is 0 Å². The van der Waals surface area contributed by atoms with Crippen LogP contribution in [-0.2, 0) is 11.2 Å². The van der Waals surface area contributed by atoms with E-state index in [1.165, 1.54) is 0 Å². The van der Waals surface area contributed by atoms with Crippen molar-refractivity contribution in [2.24, 2.45) is 5.41 Å². The van der Waals surface area contributed by atoms with Crippen molar-refractivity contribution in [2.45, 2.75) is 47.0 Å². The van der Waals surface area contributed by atoms with E-state index in [1.807, 2.05) is 17.0 Å². The fraction of sp³-hybridized carbons (Fsp3) is 0.526. The maximum Gasteiger partial charge on any atom is 0.228 e. The Balaban J connectivity index is 1.98. The van der Waals surface area contributed by atoms with Crippen LogP contribution in [0.4, 0.5) is 0 Å². The molecule has 2 rings (SSSR count). The lowest BCUT2D eigenvalue weighted by molar-refractivity contribution is -0.133. The van der Waals surface area contributed by atoms with Crippen LogP contribution in [0.2, 0.25) is 5.02 Å². The molecule has 0 aliphatic carbocycles. The SMILES string of the molecule is CCCN(CCc1nc(-c2ccc(Cl)cc2)no1)C(=O)CC(C)(C)C. The van der Waals surface area contributed by atoms with Crippen molar-refractivity contribution in [1.82, 2.24) is 15.0 Å². The van der Waals surface area contributed by atoms with Crippen molar-refractivity contribution in [3.63, 3.8) is 0 Å². The summed E-state index contributed by atoms with van der Waals surface area (Å²) < 4.78 is 5.33. The van der Waals surface area contributed by atoms with Gasteiger partial charge in [0.2, 0.25) is 17.6 Å². The molecule has 0 spiro atoms. The first-order valence-electron chi connectivity index (χ1n) is 8.65. The Labute approximate surface area is 154 Å². The molecule has 6 heteroatoms. The molecular weight excluding hydrogens is 338 g/mol. The van der Waals surface area contributed by atoms with E-state index in [-0.39, 0.29) is 11.3 Å². The van der Waals surface area contributed by atoms with Crippen molar-refractivity contribution in [3.05, 3.63) is 35.2 Å². The van der Waals surface area contributed by atoms with Gasteiger partial charge in [-0.3, -0.25) is 4.79 Å². The lowest BCUT2D eigenvalue weighted by Crippen LogP contribution is -2.35. The molecular formula is C19H26ClN3O2. The normalized spacial score (nSPS) is 11.6. The first-order chi connectivity index (χ1) is 11.8. The Morgan fingerprint density at radius 3 is 2.48 bits per heavy atom. The minimum absolute atomic E-state index is 0.0185. The van der Waals surface area contributed by atoms with Crippen LogP contribution in [0.3, 0.4) is 0 Å². The molecule has 0 N–H and O–H groups in total. The van der Waals surface area contributed by atoms with E-state index in [4.69, 9.17) is 16.1 Å². The zero-order valence-electron chi connectivity index (χ0n) is 15.4. The first kappa shape index (κ1) is 19.4. The molecule has 0 aliphatic heterocycles. The molecule has 1 aromatic heterocycles. The highest BCUT2D eigenvalue weighted by Crippen LogP contribution is 2.21. The Kier molecular flexibility index (Phi) is 6.59. The van der Waals surface area contributed by atoms with Gasteiger partial charge in [0.15, 0.2) is 0 Å². The number of aromatic nitrogens is 2. The molecule has 2 aromatic rings. The van der Waals surface area contributed by atoms with Gasteiger partial charge in [0.05, 0.1) is 0 Å². The fourth-order valence-corrected chi connectivity index (χ4v) is 2.63. The number of rotatable bonds is 7. The Bertz CT molecular complexity index is 689. The standard InChI is InChI=1S/C19H26ClN3O2/c1-5-11-23(17(24)13-19(2,3)4)12-10-16-21-18(22-25-16)14-6-8-15(20)9-7-14/h6-9H,5,10-13H2,1-4H3. The van der Waals surface area contributed by atoms with Crippen LogP contribution in [0.1, 0.15) is 46.4 Å². The third-order valence-corrected chi connectivity index (χ3v) is 3.95. The third-order valence-electron chi connectivity index (χ3n) is 3.69. The van der Waals surface area contributed by atoms with E-state index in [2.05, 4.69) is 37.8 Å². The predicted octanol–water partition coefficient (Wildman–Crippen LogP) is 4.61. The molecule has 0 bridgehead atoms. The Morgan fingerprint density at radius 1 is 1.20 bits per heavy atom. The highest BCUT2D eigenvalue weighted by molar-refractivity contribution is 6.30. The number of hydrogen-bond acceptors (Lipinski definition) is 4. The quantitative estimate of drug-likeness (QED) is 0.720. The highest BCUT2D eigenvalue weighted by Gasteiger charge is 2.21. The van der Waals surface area contributed by atoms with Crippen molar-refractivity contribution in [1.29, 1.82) is 0 Å². The average Bonchev–Trinajstić information content (AvgIpc) is 2.99. The second-order valence-corrected chi connectivity index (χ2v) is 7.82. The van der Waals surface area contributed by atoms with Crippen molar-refractivity contribution >= 4 is 17.5 Å². The molecule has 0 aliphatic rings. The van der Waals surface area contributed by atoms with E-state index >= 15 is 0 Å². The maximum atomic E-state index is 12.5. The largest absolute Gasteiger partial charge is 0.342 e. The smallest absolute Gasteiger partial charge is 0.228 e. The van der Waals surface area contributed by atoms with E-state index in [9.17, 15) is 4.79 Å². The van der Waals surface area contributed by atoms with Gasteiger partial charge in [0.1, 0.15) is 0 Å². The molecule has 0 radical (unpaired) electrons. The van der Waals surface area contributed by atoms with Crippen LogP contribution in [0.5, 0.6) is 0 Å². The zero-order chi connectivity index (χ0) is 18.4. The summed E-state index contributed by atoms with van der Waals surface area (Å²) in [4.78, 5) is 18.8. The van der Waals surface area contributed by atoms with Gasteiger partial charge in [-0.2, -0.15) is 4.98 Å². The zero-order valence-corrected chi connectivity index (χ0v) is 16.1. The van der Waals surface area contributed by atoms with E-state index in [0.29, 0.717) is 36.1 Å². The molecule has 0 fully saturated rings. The lowest BCUT2D eigenvalue weighted by atomic mass is 9.91. The summed E-state index contributed by atoms with van der Waals surface area (Å²) in [6.45, 7) is 9.63. The second kappa shape index (κ2) is 8.48. The Hall–Kier alpha value is -1.88. The fourth-order valence-electron chi connectivity index (χ4n) is 2.50. The van der Waals surface area contributed by atoms with Gasteiger partial charge in [0, 0.05) is 36.5 Å². The third kappa shape index (κ3) is 6.16. The number of halogens is 1. The molecule has 1 heterocycles. The first-order valence-corrected chi connectivity index (χ1v) is 9.02. The van der Waals surface area contributed by atoms with Gasteiger partial charge in [-0.05, 0) is 36.1 Å². The van der Waals surface area contributed by atoms with Crippen LogP contribution >= 0.6 is 11.6 Å². The molecule has 25 heavy (non-hydrogen) atoms. The van der Waals surface area contributed by atoms with Crippen LogP contribution < -0.4 is 0 Å². The molecule has 0 saturated carbocycles. The van der Waals surface area contributed by atoms with Gasteiger partial charge >= 0.3 is 0 Å². The molecule has 5 nitrogen and oxygen atoms in total. The highest BCUT2D eigenvalue weighted by atomic mass is 35.5. The van der Waals surface area contributed by atoms with Gasteiger partial charge in [-0.15, -0.1) is 0 Å². The summed E-state index contributed by atoms with van der Waals surface area (Å²) in [6, 6.07) is 7.29. The predicted molar refractivity (Wildman–Crippen MR) is 99.4 cm³/mol. The van der Waals surface area contributed by atoms with E-state index in [1.54, 1.807) is 12.1 Å². The summed E-state index contributed by atoms with van der Waals surface area (Å²) in [5, 5.41) is 4.68. The van der Waals surface area contributed by atoms with Crippen molar-refractivity contribution in [3.8, 4) is 11.4 Å². The number of carbonyl (C=O) groups excluding carboxylic acids is 1. The molecule has 1 aromatic carbocycles. The Morgan fingerprint density at radius 2 is 1.88 bits per heavy atom. The summed E-state index contributed by atoms with van der Waals surface area (Å²) in [5.41, 5.74) is 0.837. The number of benzene rings is 1. The van der Waals surface area contributed by atoms with Crippen LogP contribution in [0, 0.1) is 5.41 Å².